The number of nitrogens with one attached hydrogen (secondary N) is 1. The molecule has 0 aromatic carbocycles. The van der Waals surface area contributed by atoms with Gasteiger partial charge < -0.3 is 11.1 Å². The lowest BCUT2D eigenvalue weighted by Crippen LogP contribution is -2.35. The van der Waals surface area contributed by atoms with E-state index < -0.39 is 10.8 Å². The number of carbonyl (C=O) groups is 1. The minimum atomic E-state index is -1.08. The van der Waals surface area contributed by atoms with Crippen LogP contribution in [0.3, 0.4) is 0 Å². The third kappa shape index (κ3) is 5.34. The van der Waals surface area contributed by atoms with Crippen molar-refractivity contribution in [2.75, 3.05) is 18.8 Å². The van der Waals surface area contributed by atoms with Crippen LogP contribution in [0.4, 0.5) is 0 Å². The second-order valence-electron chi connectivity index (χ2n) is 3.61. The van der Waals surface area contributed by atoms with Crippen LogP contribution in [-0.2, 0) is 15.6 Å². The Balaban J connectivity index is 3.87. The fourth-order valence-electron chi connectivity index (χ4n) is 0.827. The van der Waals surface area contributed by atoms with Gasteiger partial charge in [0.05, 0.1) is 0 Å². The van der Waals surface area contributed by atoms with E-state index in [9.17, 15) is 9.00 Å². The number of rotatable bonds is 6. The standard InChI is InChI=1S/C9H20N2O2S/c1-7(2)8(3)14(13)6-9(12)11-5-4-10/h7-8H,4-6,10H2,1-3H3,(H,11,12). The zero-order valence-corrected chi connectivity index (χ0v) is 9.89. The van der Waals surface area contributed by atoms with Crippen LogP contribution in [-0.4, -0.2) is 34.2 Å². The topological polar surface area (TPSA) is 72.2 Å². The monoisotopic (exact) mass is 220 g/mol. The summed E-state index contributed by atoms with van der Waals surface area (Å²) < 4.78 is 11.6. The molecule has 3 N–H and O–H groups in total. The highest BCUT2D eigenvalue weighted by Crippen LogP contribution is 2.08. The number of hydrogen-bond donors (Lipinski definition) is 2. The zero-order valence-electron chi connectivity index (χ0n) is 9.08. The Hall–Kier alpha value is -0.420. The maximum absolute atomic E-state index is 11.6. The van der Waals surface area contributed by atoms with Gasteiger partial charge in [-0.3, -0.25) is 9.00 Å². The second kappa shape index (κ2) is 6.95. The molecule has 0 heterocycles. The molecule has 84 valence electrons. The summed E-state index contributed by atoms with van der Waals surface area (Å²) in [4.78, 5) is 11.2. The van der Waals surface area contributed by atoms with Gasteiger partial charge in [0.1, 0.15) is 5.75 Å². The molecule has 14 heavy (non-hydrogen) atoms. The molecule has 0 saturated heterocycles. The quantitative estimate of drug-likeness (QED) is 0.654. The fraction of sp³-hybridized carbons (Fsp3) is 0.889. The molecule has 0 spiro atoms. The van der Waals surface area contributed by atoms with Gasteiger partial charge in [-0.25, -0.2) is 0 Å². The molecule has 0 bridgehead atoms. The first-order valence-corrected chi connectivity index (χ1v) is 6.21. The molecule has 0 aliphatic heterocycles. The molecule has 0 rings (SSSR count). The Morgan fingerprint density at radius 3 is 2.43 bits per heavy atom. The second-order valence-corrected chi connectivity index (χ2v) is 5.41. The number of hydrogen-bond acceptors (Lipinski definition) is 3. The number of carbonyl (C=O) groups excluding carboxylic acids is 1. The molecule has 0 aliphatic carbocycles. The predicted octanol–water partition coefficient (Wildman–Crippen LogP) is -0.145. The minimum absolute atomic E-state index is 0.0543. The van der Waals surface area contributed by atoms with Crippen molar-refractivity contribution in [3.63, 3.8) is 0 Å². The summed E-state index contributed by atoms with van der Waals surface area (Å²) in [5, 5.41) is 2.65. The summed E-state index contributed by atoms with van der Waals surface area (Å²) in [6.07, 6.45) is 0. The van der Waals surface area contributed by atoms with Crippen molar-refractivity contribution in [1.82, 2.24) is 5.32 Å². The van der Waals surface area contributed by atoms with Gasteiger partial charge >= 0.3 is 0 Å². The van der Waals surface area contributed by atoms with Crippen molar-refractivity contribution in [2.45, 2.75) is 26.0 Å². The lowest BCUT2D eigenvalue weighted by molar-refractivity contribution is -0.118. The smallest absolute Gasteiger partial charge is 0.232 e. The molecule has 0 radical (unpaired) electrons. The molecule has 2 atom stereocenters. The predicted molar refractivity (Wildman–Crippen MR) is 59.4 cm³/mol. The first-order chi connectivity index (χ1) is 6.49. The molecular weight excluding hydrogens is 200 g/mol. The Morgan fingerprint density at radius 2 is 2.00 bits per heavy atom. The average molecular weight is 220 g/mol. The largest absolute Gasteiger partial charge is 0.354 e. The molecule has 5 heteroatoms. The van der Waals surface area contributed by atoms with Gasteiger partial charge in [0.2, 0.25) is 5.91 Å². The fourth-order valence-corrected chi connectivity index (χ4v) is 2.06. The Bertz CT molecular complexity index is 207. The molecule has 0 aromatic rings. The van der Waals surface area contributed by atoms with E-state index >= 15 is 0 Å². The van der Waals surface area contributed by atoms with Gasteiger partial charge in [-0.1, -0.05) is 20.8 Å². The van der Waals surface area contributed by atoms with E-state index in [4.69, 9.17) is 5.73 Å². The first kappa shape index (κ1) is 13.6. The van der Waals surface area contributed by atoms with Crippen molar-refractivity contribution in [2.24, 2.45) is 11.7 Å². The normalized spacial score (nSPS) is 15.2. The summed E-state index contributed by atoms with van der Waals surface area (Å²) in [6.45, 7) is 6.77. The van der Waals surface area contributed by atoms with Gasteiger partial charge in [0.25, 0.3) is 0 Å². The maximum Gasteiger partial charge on any atom is 0.232 e. The van der Waals surface area contributed by atoms with Gasteiger partial charge in [-0.15, -0.1) is 0 Å². The van der Waals surface area contributed by atoms with Gasteiger partial charge in [0.15, 0.2) is 0 Å². The lowest BCUT2D eigenvalue weighted by Gasteiger charge is -2.14. The highest BCUT2D eigenvalue weighted by atomic mass is 32.2. The highest BCUT2D eigenvalue weighted by molar-refractivity contribution is 7.86. The molecule has 2 unspecified atom stereocenters. The molecule has 4 nitrogen and oxygen atoms in total. The highest BCUT2D eigenvalue weighted by Gasteiger charge is 2.17. The van der Waals surface area contributed by atoms with E-state index in [1.54, 1.807) is 0 Å². The Labute approximate surface area is 88.1 Å². The van der Waals surface area contributed by atoms with Crippen molar-refractivity contribution >= 4 is 16.7 Å². The third-order valence-corrected chi connectivity index (χ3v) is 4.01. The summed E-state index contributed by atoms with van der Waals surface area (Å²) in [5.74, 6) is 0.235. The van der Waals surface area contributed by atoms with E-state index in [1.807, 2.05) is 20.8 Å². The number of nitrogens with two attached hydrogens (primary N) is 1. The van der Waals surface area contributed by atoms with Crippen LogP contribution in [0, 0.1) is 5.92 Å². The van der Waals surface area contributed by atoms with Crippen LogP contribution >= 0.6 is 0 Å². The molecule has 0 aliphatic rings. The SMILES string of the molecule is CC(C)C(C)S(=O)CC(=O)NCCN. The molecular formula is C9H20N2O2S. The molecule has 0 fully saturated rings. The van der Waals surface area contributed by atoms with Crippen LogP contribution in [0.15, 0.2) is 0 Å². The van der Waals surface area contributed by atoms with Crippen LogP contribution in [0.5, 0.6) is 0 Å². The summed E-state index contributed by atoms with van der Waals surface area (Å²) >= 11 is 0. The van der Waals surface area contributed by atoms with E-state index in [-0.39, 0.29) is 16.9 Å². The van der Waals surface area contributed by atoms with E-state index in [0.29, 0.717) is 19.0 Å². The van der Waals surface area contributed by atoms with Crippen molar-refractivity contribution in [3.8, 4) is 0 Å². The lowest BCUT2D eigenvalue weighted by atomic mass is 10.2. The van der Waals surface area contributed by atoms with Crippen LogP contribution in [0.1, 0.15) is 20.8 Å². The minimum Gasteiger partial charge on any atom is -0.354 e. The van der Waals surface area contributed by atoms with Crippen molar-refractivity contribution in [3.05, 3.63) is 0 Å². The zero-order chi connectivity index (χ0) is 11.1. The molecule has 0 saturated carbocycles. The molecule has 1 amide bonds. The van der Waals surface area contributed by atoms with Gasteiger partial charge in [-0.2, -0.15) is 0 Å². The van der Waals surface area contributed by atoms with E-state index in [1.165, 1.54) is 0 Å². The van der Waals surface area contributed by atoms with E-state index in [2.05, 4.69) is 5.32 Å². The van der Waals surface area contributed by atoms with Crippen LogP contribution < -0.4 is 11.1 Å². The average Bonchev–Trinajstić information content (AvgIpc) is 2.13. The van der Waals surface area contributed by atoms with E-state index in [0.717, 1.165) is 0 Å². The summed E-state index contributed by atoms with van der Waals surface area (Å²) in [5.41, 5.74) is 5.23. The summed E-state index contributed by atoms with van der Waals surface area (Å²) in [6, 6.07) is 0. The van der Waals surface area contributed by atoms with Crippen molar-refractivity contribution in [1.29, 1.82) is 0 Å². The van der Waals surface area contributed by atoms with Crippen molar-refractivity contribution < 1.29 is 9.00 Å². The van der Waals surface area contributed by atoms with Crippen LogP contribution in [0.2, 0.25) is 0 Å². The number of amides is 1. The van der Waals surface area contributed by atoms with Gasteiger partial charge in [0, 0.05) is 29.1 Å². The Kier molecular flexibility index (Phi) is 6.74. The maximum atomic E-state index is 11.6. The van der Waals surface area contributed by atoms with Crippen LogP contribution in [0.25, 0.3) is 0 Å². The van der Waals surface area contributed by atoms with Gasteiger partial charge in [-0.05, 0) is 5.92 Å². The first-order valence-electron chi connectivity index (χ1n) is 4.83. The summed E-state index contributed by atoms with van der Waals surface area (Å²) in [7, 11) is -1.08. The third-order valence-electron chi connectivity index (χ3n) is 2.09. The Morgan fingerprint density at radius 1 is 1.43 bits per heavy atom. The molecule has 0 aromatic heterocycles.